The highest BCUT2D eigenvalue weighted by Gasteiger charge is 2.06. The lowest BCUT2D eigenvalue weighted by Gasteiger charge is -1.94. The van der Waals surface area contributed by atoms with Gasteiger partial charge < -0.3 is 0 Å². The standard InChI is InChI=1S/C12H8N6S2/c1-2-6-10-9(5-1)13-17(14-10)19-20-18-15-11-7-3-4-8-12(11)16-18/h1-8H. The topological polar surface area (TPSA) is 61.4 Å². The Morgan fingerprint density at radius 3 is 1.15 bits per heavy atom. The minimum atomic E-state index is 0.874. The third-order valence-corrected chi connectivity index (χ3v) is 4.36. The average molecular weight is 300 g/mol. The zero-order valence-corrected chi connectivity index (χ0v) is 11.8. The number of rotatable bonds is 3. The van der Waals surface area contributed by atoms with Crippen LogP contribution in [-0.2, 0) is 0 Å². The van der Waals surface area contributed by atoms with Gasteiger partial charge in [0, 0.05) is 0 Å². The van der Waals surface area contributed by atoms with Gasteiger partial charge in [0.1, 0.15) is 22.1 Å². The molecule has 0 aliphatic heterocycles. The van der Waals surface area contributed by atoms with Crippen molar-refractivity contribution in [1.29, 1.82) is 0 Å². The lowest BCUT2D eigenvalue weighted by atomic mass is 10.3. The molecular formula is C12H8N6S2. The van der Waals surface area contributed by atoms with Crippen LogP contribution >= 0.6 is 22.0 Å². The van der Waals surface area contributed by atoms with Gasteiger partial charge in [0.25, 0.3) is 0 Å². The van der Waals surface area contributed by atoms with E-state index in [9.17, 15) is 0 Å². The predicted molar refractivity (Wildman–Crippen MR) is 81.0 cm³/mol. The molecule has 2 heterocycles. The van der Waals surface area contributed by atoms with E-state index in [4.69, 9.17) is 0 Å². The van der Waals surface area contributed by atoms with Gasteiger partial charge in [-0.3, -0.25) is 0 Å². The molecule has 4 aromatic rings. The molecule has 4 rings (SSSR count). The summed E-state index contributed by atoms with van der Waals surface area (Å²) in [6, 6.07) is 15.5. The summed E-state index contributed by atoms with van der Waals surface area (Å²) in [5.41, 5.74) is 3.50. The van der Waals surface area contributed by atoms with E-state index >= 15 is 0 Å². The molecule has 6 nitrogen and oxygen atoms in total. The maximum atomic E-state index is 4.36. The van der Waals surface area contributed by atoms with E-state index in [0.29, 0.717) is 0 Å². The van der Waals surface area contributed by atoms with Gasteiger partial charge in [0.05, 0.1) is 22.0 Å². The molecular weight excluding hydrogens is 292 g/mol. The molecule has 0 fully saturated rings. The summed E-state index contributed by atoms with van der Waals surface area (Å²) < 4.78 is 3.15. The highest BCUT2D eigenvalue weighted by molar-refractivity contribution is 8.75. The molecule has 0 unspecified atom stereocenters. The van der Waals surface area contributed by atoms with Crippen LogP contribution in [0.2, 0.25) is 0 Å². The summed E-state index contributed by atoms with van der Waals surface area (Å²) in [6.07, 6.45) is 0. The van der Waals surface area contributed by atoms with Crippen molar-refractivity contribution in [3.05, 3.63) is 48.5 Å². The van der Waals surface area contributed by atoms with Gasteiger partial charge >= 0.3 is 0 Å². The summed E-state index contributed by atoms with van der Waals surface area (Å²) in [5, 5.41) is 17.4. The largest absolute Gasteiger partial charge is 0.141 e. The smallest absolute Gasteiger partial charge is 0.114 e. The molecule has 0 bridgehead atoms. The highest BCUT2D eigenvalue weighted by atomic mass is 33.1. The molecule has 0 spiro atoms. The van der Waals surface area contributed by atoms with Gasteiger partial charge in [-0.05, 0) is 24.3 Å². The van der Waals surface area contributed by atoms with E-state index in [-0.39, 0.29) is 0 Å². The fourth-order valence-corrected chi connectivity index (χ4v) is 3.17. The van der Waals surface area contributed by atoms with E-state index < -0.39 is 0 Å². The van der Waals surface area contributed by atoms with E-state index in [1.165, 1.54) is 22.0 Å². The van der Waals surface area contributed by atoms with Crippen LogP contribution in [0.1, 0.15) is 0 Å². The molecule has 98 valence electrons. The van der Waals surface area contributed by atoms with Gasteiger partial charge in [-0.25, -0.2) is 0 Å². The summed E-state index contributed by atoms with van der Waals surface area (Å²) in [6.45, 7) is 0. The van der Waals surface area contributed by atoms with Crippen molar-refractivity contribution in [2.45, 2.75) is 0 Å². The van der Waals surface area contributed by atoms with Gasteiger partial charge in [-0.2, -0.15) is 0 Å². The zero-order valence-electron chi connectivity index (χ0n) is 10.1. The second kappa shape index (κ2) is 4.80. The maximum absolute atomic E-state index is 4.36. The van der Waals surface area contributed by atoms with Crippen LogP contribution < -0.4 is 0 Å². The van der Waals surface area contributed by atoms with Crippen LogP contribution in [0.5, 0.6) is 0 Å². The molecule has 0 atom stereocenters. The second-order valence-corrected chi connectivity index (χ2v) is 5.88. The Morgan fingerprint density at radius 2 is 0.850 bits per heavy atom. The third kappa shape index (κ3) is 2.12. The Bertz CT molecular complexity index is 744. The summed E-state index contributed by atoms with van der Waals surface area (Å²) >= 11 is 0. The summed E-state index contributed by atoms with van der Waals surface area (Å²) in [5.74, 6) is 0. The van der Waals surface area contributed by atoms with Crippen molar-refractivity contribution < 1.29 is 0 Å². The fourth-order valence-electron chi connectivity index (χ4n) is 1.81. The zero-order chi connectivity index (χ0) is 13.4. The number of fused-ring (bicyclic) bond motifs is 2. The average Bonchev–Trinajstić information content (AvgIpc) is 3.07. The Labute approximate surface area is 121 Å². The first-order chi connectivity index (χ1) is 9.88. The highest BCUT2D eigenvalue weighted by Crippen LogP contribution is 2.24. The molecule has 0 N–H and O–H groups in total. The molecule has 0 aliphatic rings. The lowest BCUT2D eigenvalue weighted by molar-refractivity contribution is 0.877. The van der Waals surface area contributed by atoms with Gasteiger partial charge in [0.15, 0.2) is 0 Å². The predicted octanol–water partition coefficient (Wildman–Crippen LogP) is 2.78. The quantitative estimate of drug-likeness (QED) is 0.542. The van der Waals surface area contributed by atoms with Crippen LogP contribution in [0.15, 0.2) is 48.5 Å². The van der Waals surface area contributed by atoms with E-state index in [1.807, 2.05) is 48.5 Å². The van der Waals surface area contributed by atoms with Crippen molar-refractivity contribution in [2.75, 3.05) is 0 Å². The first-order valence-electron chi connectivity index (χ1n) is 5.88. The monoisotopic (exact) mass is 300 g/mol. The number of nitrogens with zero attached hydrogens (tertiary/aromatic N) is 6. The molecule has 2 aromatic carbocycles. The molecule has 2 aromatic heterocycles. The molecule has 0 aliphatic carbocycles. The van der Waals surface area contributed by atoms with Gasteiger partial charge in [-0.1, -0.05) is 24.3 Å². The van der Waals surface area contributed by atoms with Gasteiger partial charge in [-0.15, -0.1) is 28.8 Å². The molecule has 0 saturated carbocycles. The molecule has 0 amide bonds. The van der Waals surface area contributed by atoms with Crippen LogP contribution in [0.4, 0.5) is 0 Å². The number of hydrogen-bond acceptors (Lipinski definition) is 6. The summed E-state index contributed by atoms with van der Waals surface area (Å²) in [7, 11) is 2.73. The van der Waals surface area contributed by atoms with Crippen LogP contribution in [-0.4, -0.2) is 28.8 Å². The second-order valence-electron chi connectivity index (χ2n) is 4.03. The van der Waals surface area contributed by atoms with E-state index in [2.05, 4.69) is 20.4 Å². The Kier molecular flexibility index (Phi) is 2.82. The normalized spacial score (nSPS) is 11.4. The van der Waals surface area contributed by atoms with Crippen molar-refractivity contribution >= 4 is 44.0 Å². The Hall–Kier alpha value is -2.06. The first-order valence-corrected chi connectivity index (χ1v) is 7.94. The van der Waals surface area contributed by atoms with E-state index in [1.54, 1.807) is 8.40 Å². The molecule has 0 radical (unpaired) electrons. The molecule has 20 heavy (non-hydrogen) atoms. The minimum absolute atomic E-state index is 0.874. The number of benzene rings is 2. The van der Waals surface area contributed by atoms with Crippen molar-refractivity contribution in [3.63, 3.8) is 0 Å². The molecule has 0 saturated heterocycles. The molecule has 8 heteroatoms. The lowest BCUT2D eigenvalue weighted by Crippen LogP contribution is -1.93. The van der Waals surface area contributed by atoms with Crippen LogP contribution in [0, 0.1) is 0 Å². The third-order valence-electron chi connectivity index (χ3n) is 2.70. The van der Waals surface area contributed by atoms with Crippen molar-refractivity contribution in [3.8, 4) is 0 Å². The van der Waals surface area contributed by atoms with E-state index in [0.717, 1.165) is 22.1 Å². The fraction of sp³-hybridized carbons (Fsp3) is 0. The minimum Gasteiger partial charge on any atom is -0.141 e. The van der Waals surface area contributed by atoms with Crippen LogP contribution in [0.3, 0.4) is 0 Å². The Morgan fingerprint density at radius 1 is 0.550 bits per heavy atom. The van der Waals surface area contributed by atoms with Crippen molar-refractivity contribution in [2.24, 2.45) is 0 Å². The number of hydrogen-bond donors (Lipinski definition) is 0. The van der Waals surface area contributed by atoms with Gasteiger partial charge in [0.2, 0.25) is 0 Å². The SMILES string of the molecule is c1ccc2nn(SSn3nc4ccccc4n3)nc2c1. The maximum Gasteiger partial charge on any atom is 0.114 e. The van der Waals surface area contributed by atoms with Crippen molar-refractivity contribution in [1.82, 2.24) is 28.8 Å². The Balaban J connectivity index is 1.57. The first kappa shape index (κ1) is 11.7. The summed E-state index contributed by atoms with van der Waals surface area (Å²) in [4.78, 5) is 0. The van der Waals surface area contributed by atoms with Crippen LogP contribution in [0.25, 0.3) is 22.1 Å². The number of aromatic nitrogens is 6.